The molecular weight excluding hydrogens is 818 g/mol. The molecule has 2 aliphatic rings. The number of fused-ring (bicyclic) bond motifs is 8. The SMILES string of the molecule is CC.CC.CC.CCC(=O)CCO.C[N-]c1cccc(-c2c3nc(cc4ccc([nH]4)c(OC)c4nc(cc5ccc2[nH]5)C(C)(C)C4)C(C)(C)C3)c1.[W]. The average molecular weight is 881 g/mol. The third-order valence-corrected chi connectivity index (χ3v) is 8.56. The minimum atomic E-state index is -0.120. The number of benzene rings is 1. The summed E-state index contributed by atoms with van der Waals surface area (Å²) in [5, 5.41) is 12.6. The molecule has 3 N–H and O–H groups in total. The Kier molecular flexibility index (Phi) is 19.3. The number of hydrogen-bond donors (Lipinski definition) is 3. The summed E-state index contributed by atoms with van der Waals surface area (Å²) in [4.78, 5) is 27.8. The molecule has 8 nitrogen and oxygen atoms in total. The van der Waals surface area contributed by atoms with Crippen molar-refractivity contribution in [1.82, 2.24) is 19.9 Å². The molecular formula is C43H62N5O3W-. The van der Waals surface area contributed by atoms with E-state index in [2.05, 4.69) is 97.6 Å². The Morgan fingerprint density at radius 3 is 1.83 bits per heavy atom. The van der Waals surface area contributed by atoms with Gasteiger partial charge in [-0.05, 0) is 42.0 Å². The maximum Gasteiger partial charge on any atom is 0.163 e. The molecule has 0 saturated carbocycles. The van der Waals surface area contributed by atoms with Gasteiger partial charge in [-0.3, -0.25) is 14.8 Å². The fraction of sp³-hybridized carbons (Fsp3) is 0.465. The van der Waals surface area contributed by atoms with Crippen molar-refractivity contribution in [2.24, 2.45) is 0 Å². The van der Waals surface area contributed by atoms with Gasteiger partial charge in [0.25, 0.3) is 0 Å². The summed E-state index contributed by atoms with van der Waals surface area (Å²) in [7, 11) is 3.55. The maximum atomic E-state index is 10.3. The smallest absolute Gasteiger partial charge is 0.163 e. The Morgan fingerprint density at radius 2 is 1.33 bits per heavy atom. The fourth-order valence-electron chi connectivity index (χ4n) is 5.95. The molecule has 0 radical (unpaired) electrons. The molecule has 0 amide bonds. The molecule has 0 atom stereocenters. The molecule has 2 aliphatic heterocycles. The van der Waals surface area contributed by atoms with Crippen LogP contribution in [-0.2, 0) is 49.5 Å². The number of carbonyl (C=O) groups excluding carboxylic acids is 1. The molecule has 52 heavy (non-hydrogen) atoms. The number of ketones is 1. The van der Waals surface area contributed by atoms with Gasteiger partial charge in [0.1, 0.15) is 5.78 Å². The minimum absolute atomic E-state index is 0. The summed E-state index contributed by atoms with van der Waals surface area (Å²) in [6.45, 7) is 22.8. The molecule has 0 spiro atoms. The van der Waals surface area contributed by atoms with Gasteiger partial charge in [0, 0.05) is 97.7 Å². The molecule has 8 bridgehead atoms. The van der Waals surface area contributed by atoms with Crippen molar-refractivity contribution < 1.29 is 35.7 Å². The summed E-state index contributed by atoms with van der Waals surface area (Å²) in [5.74, 6) is 0.916. The van der Waals surface area contributed by atoms with Crippen LogP contribution in [0, 0.1) is 0 Å². The number of Topliss-reactive ketones (excluding diaryl/α,β-unsaturated/α-hetero) is 1. The van der Waals surface area contributed by atoms with Gasteiger partial charge < -0.3 is 25.1 Å². The quantitative estimate of drug-likeness (QED) is 0.178. The van der Waals surface area contributed by atoms with E-state index in [1.807, 2.05) is 54.7 Å². The number of rotatable bonds is 6. The first-order valence-electron chi connectivity index (χ1n) is 18.6. The van der Waals surface area contributed by atoms with E-state index >= 15 is 0 Å². The van der Waals surface area contributed by atoms with E-state index in [1.165, 1.54) is 0 Å². The molecule has 0 fully saturated rings. The number of nitrogens with zero attached hydrogens (tertiary/aromatic N) is 3. The second-order valence-corrected chi connectivity index (χ2v) is 13.0. The summed E-state index contributed by atoms with van der Waals surface area (Å²) in [6, 6.07) is 21.2. The first-order valence-corrected chi connectivity index (χ1v) is 18.6. The van der Waals surface area contributed by atoms with E-state index in [1.54, 1.807) is 14.0 Å². The number of nitrogens with one attached hydrogen (secondary N) is 2. The predicted octanol–water partition coefficient (Wildman–Crippen LogP) is 11.1. The third-order valence-electron chi connectivity index (χ3n) is 8.56. The Labute approximate surface area is 326 Å². The second kappa shape index (κ2) is 21.7. The van der Waals surface area contributed by atoms with Crippen LogP contribution in [0.1, 0.15) is 112 Å². The van der Waals surface area contributed by atoms with E-state index in [9.17, 15) is 4.79 Å². The van der Waals surface area contributed by atoms with Gasteiger partial charge in [0.05, 0.1) is 24.0 Å². The number of methoxy groups -OCH3 is 1. The van der Waals surface area contributed by atoms with Crippen LogP contribution >= 0.6 is 0 Å². The minimum Gasteiger partial charge on any atom is -0.687 e. The zero-order valence-corrected chi connectivity index (χ0v) is 36.8. The van der Waals surface area contributed by atoms with Crippen molar-refractivity contribution in [3.05, 3.63) is 88.8 Å². The summed E-state index contributed by atoms with van der Waals surface area (Å²) < 4.78 is 5.89. The molecule has 0 unspecified atom stereocenters. The fourth-order valence-corrected chi connectivity index (χ4v) is 5.95. The van der Waals surface area contributed by atoms with Gasteiger partial charge in [0.2, 0.25) is 0 Å². The Morgan fingerprint density at radius 1 is 0.808 bits per heavy atom. The molecule has 0 saturated heterocycles. The van der Waals surface area contributed by atoms with Gasteiger partial charge in [-0.2, -0.15) is 0 Å². The summed E-state index contributed by atoms with van der Waals surface area (Å²) in [6.07, 6.45) is 2.49. The first kappa shape index (κ1) is 46.3. The number of aromatic amines is 2. The Balaban J connectivity index is 0.000000849. The zero-order valence-electron chi connectivity index (χ0n) is 33.8. The van der Waals surface area contributed by atoms with Crippen LogP contribution in [0.4, 0.5) is 5.69 Å². The topological polar surface area (TPSA) is 118 Å². The Bertz CT molecular complexity index is 1870. The maximum absolute atomic E-state index is 10.3. The molecule has 1 aromatic carbocycles. The average Bonchev–Trinajstić information content (AvgIpc) is 3.92. The van der Waals surface area contributed by atoms with Crippen molar-refractivity contribution in [2.75, 3.05) is 20.8 Å². The number of aliphatic hydroxyl groups excluding tert-OH is 1. The van der Waals surface area contributed by atoms with Gasteiger partial charge in [-0.25, -0.2) is 0 Å². The van der Waals surface area contributed by atoms with Crippen LogP contribution in [0.25, 0.3) is 38.5 Å². The van der Waals surface area contributed by atoms with E-state index in [-0.39, 0.29) is 44.3 Å². The van der Waals surface area contributed by atoms with E-state index < -0.39 is 0 Å². The predicted molar refractivity (Wildman–Crippen MR) is 216 cm³/mol. The molecule has 5 heterocycles. The van der Waals surface area contributed by atoms with Crippen molar-refractivity contribution in [2.45, 2.75) is 113 Å². The van der Waals surface area contributed by atoms with Crippen LogP contribution in [0.3, 0.4) is 0 Å². The first-order chi connectivity index (χ1) is 24.5. The van der Waals surface area contributed by atoms with E-state index in [0.717, 1.165) is 80.2 Å². The molecule has 284 valence electrons. The van der Waals surface area contributed by atoms with Crippen molar-refractivity contribution in [3.8, 4) is 16.9 Å². The summed E-state index contributed by atoms with van der Waals surface area (Å²) in [5.41, 5.74) is 11.0. The van der Waals surface area contributed by atoms with Crippen molar-refractivity contribution in [3.63, 3.8) is 0 Å². The molecule has 0 aliphatic carbocycles. The zero-order chi connectivity index (χ0) is 38.4. The van der Waals surface area contributed by atoms with Gasteiger partial charge >= 0.3 is 0 Å². The van der Waals surface area contributed by atoms with Crippen molar-refractivity contribution >= 4 is 33.5 Å². The number of aliphatic hydroxyl groups is 1. The van der Waals surface area contributed by atoms with Crippen LogP contribution in [-0.4, -0.2) is 51.6 Å². The standard InChI is InChI=1S/C32H34N5O.C5H10O2.3C2H6.W/c1-31(2)17-25-29(19-8-7-9-20(14-19)33-5)23-12-10-21(34-23)15-28-32(3,4)18-26(37-28)30(38-6)24-13-11-22(35-24)16-27(31)36-25;1-2-5(7)3-4-6;3*1-2;/h7-16,34-35H,17-18H2,1-6H3;6H,2-4H2,1H3;3*1-2H3;/q-1;;;;;. The number of carbonyl (C=O) groups is 1. The molecule has 9 heteroatoms. The normalized spacial score (nSPS) is 13.1. The van der Waals surface area contributed by atoms with Crippen LogP contribution in [0.2, 0.25) is 0 Å². The van der Waals surface area contributed by atoms with Crippen LogP contribution in [0.15, 0.2) is 60.7 Å². The number of H-pyrrole nitrogens is 2. The van der Waals surface area contributed by atoms with Crippen LogP contribution < -0.4 is 4.74 Å². The van der Waals surface area contributed by atoms with Gasteiger partial charge in [-0.1, -0.05) is 100 Å². The van der Waals surface area contributed by atoms with Crippen LogP contribution in [0.5, 0.6) is 5.75 Å². The van der Waals surface area contributed by atoms with Crippen molar-refractivity contribution in [1.29, 1.82) is 0 Å². The third kappa shape index (κ3) is 11.4. The number of hydrogen-bond acceptors (Lipinski definition) is 5. The van der Waals surface area contributed by atoms with Gasteiger partial charge in [-0.15, -0.1) is 12.7 Å². The molecule has 6 rings (SSSR count). The van der Waals surface area contributed by atoms with E-state index in [0.29, 0.717) is 12.8 Å². The largest absolute Gasteiger partial charge is 0.687 e. The summed E-state index contributed by atoms with van der Waals surface area (Å²) >= 11 is 0. The number of aromatic nitrogens is 4. The second-order valence-electron chi connectivity index (χ2n) is 13.0. The molecule has 4 aromatic rings. The van der Waals surface area contributed by atoms with Gasteiger partial charge in [0.15, 0.2) is 5.75 Å². The van der Waals surface area contributed by atoms with E-state index in [4.69, 9.17) is 19.8 Å². The number of ether oxygens (including phenoxy) is 1. The molecule has 3 aromatic heterocycles. The Hall–Kier alpha value is -3.74. The monoisotopic (exact) mass is 880 g/mol.